The van der Waals surface area contributed by atoms with Crippen molar-refractivity contribution in [2.45, 2.75) is 240 Å². The summed E-state index contributed by atoms with van der Waals surface area (Å²) in [4.78, 5) is 162. The van der Waals surface area contributed by atoms with Gasteiger partial charge < -0.3 is 132 Å². The van der Waals surface area contributed by atoms with Gasteiger partial charge >= 0.3 is 11.9 Å². The number of aliphatic hydroxyl groups is 7. The van der Waals surface area contributed by atoms with Crippen molar-refractivity contribution in [2.75, 3.05) is 113 Å². The molecule has 3 fully saturated rings. The van der Waals surface area contributed by atoms with E-state index < -0.39 is 188 Å². The van der Waals surface area contributed by atoms with Crippen LogP contribution >= 0.6 is 0 Å². The summed E-state index contributed by atoms with van der Waals surface area (Å²) in [6.07, 6.45) is -1.59. The number of ether oxygens (including phenoxy) is 5. The number of aliphatic hydroxyl groups excluding tert-OH is 7. The second-order valence-corrected chi connectivity index (χ2v) is 29.9. The van der Waals surface area contributed by atoms with E-state index in [1.165, 1.54) is 44.7 Å². The Bertz CT molecular complexity index is 3110. The molecule has 0 unspecified atom stereocenters. The van der Waals surface area contributed by atoms with E-state index >= 15 is 0 Å². The van der Waals surface area contributed by atoms with E-state index in [0.717, 1.165) is 93.6 Å². The lowest BCUT2D eigenvalue weighted by molar-refractivity contribution is -0.870. The molecule has 3 saturated heterocycles. The molecule has 38 nitrogen and oxygen atoms in total. The van der Waals surface area contributed by atoms with Crippen LogP contribution < -0.4 is 42.5 Å². The number of nitrogens with zero attached hydrogens (tertiary/aromatic N) is 3. The SMILES string of the molecule is C[C@@H](O)[C@@H]1NC(=O)[C@H]([C@H](O)[C@@H](O)c2ccc(O)cc2)NC(=O)[C@@H]2C[C@@H](O)CN2C(=O)[C@H]([C@@H](C)O)NC(=O)[C@@H](NC(=O)COCCOCCNC(=O)COCCOCCNC(=O)CC[C@H](NC(=O)CCCCCCCCCCCCCCCCC(=O)O)C(=O)O)C[C@@H](O)[C@@H](OCC[N+](C)(C)C)NC(=O)[C@@H]2[C@@H](O)[C@@H](C)CN2C1=O. The van der Waals surface area contributed by atoms with E-state index in [1.54, 1.807) is 21.1 Å². The zero-order chi connectivity index (χ0) is 83.0. The summed E-state index contributed by atoms with van der Waals surface area (Å²) in [5.74, 6) is -12.8. The molecule has 3 aliphatic heterocycles. The molecule has 3 heterocycles. The van der Waals surface area contributed by atoms with Crippen LogP contribution in [0.25, 0.3) is 0 Å². The van der Waals surface area contributed by atoms with Crippen LogP contribution in [0, 0.1) is 5.92 Å². The highest BCUT2D eigenvalue weighted by atomic mass is 16.5. The number of hydrogen-bond donors (Lipinski definition) is 18. The Labute approximate surface area is 653 Å². The molecule has 0 saturated carbocycles. The molecule has 16 atom stereocenters. The molecule has 1 aromatic rings. The fraction of sp³-hybridized carbons (Fsp3) is 0.757. The monoisotopic (exact) mass is 1600 g/mol. The predicted molar refractivity (Wildman–Crippen MR) is 398 cm³/mol. The number of carbonyl (C=O) groups excluding carboxylic acids is 10. The van der Waals surface area contributed by atoms with E-state index in [-0.39, 0.29) is 126 Å². The summed E-state index contributed by atoms with van der Waals surface area (Å²) in [5.41, 5.74) is -0.0917. The lowest BCUT2D eigenvalue weighted by Crippen LogP contribution is -2.64. The number of rotatable bonds is 48. The first kappa shape index (κ1) is 96.5. The highest BCUT2D eigenvalue weighted by molar-refractivity contribution is 5.98. The van der Waals surface area contributed by atoms with Gasteiger partial charge in [-0.25, -0.2) is 4.79 Å². The number of fused-ring (bicyclic) bond motifs is 2. The first-order chi connectivity index (χ1) is 53.1. The highest BCUT2D eigenvalue weighted by Crippen LogP contribution is 2.28. The molecular formula is C74H124N11O27+. The number of carbonyl (C=O) groups is 12. The summed E-state index contributed by atoms with van der Waals surface area (Å²) in [6, 6.07) is -8.32. The molecule has 0 aromatic heterocycles. The van der Waals surface area contributed by atoms with Gasteiger partial charge in [-0.3, -0.25) is 52.7 Å². The van der Waals surface area contributed by atoms with Gasteiger partial charge in [0.1, 0.15) is 86.1 Å². The minimum absolute atomic E-state index is 0.0182. The largest absolute Gasteiger partial charge is 0.508 e. The summed E-state index contributed by atoms with van der Waals surface area (Å²) in [7, 11) is 5.41. The summed E-state index contributed by atoms with van der Waals surface area (Å²) in [6.45, 7) is 1.61. The van der Waals surface area contributed by atoms with E-state index in [1.807, 2.05) is 0 Å². The maximum atomic E-state index is 14.7. The maximum absolute atomic E-state index is 14.7. The fourth-order valence-corrected chi connectivity index (χ4v) is 12.8. The first-order valence-corrected chi connectivity index (χ1v) is 38.8. The van der Waals surface area contributed by atoms with Gasteiger partial charge in [0.05, 0.1) is 91.8 Å². The van der Waals surface area contributed by atoms with Crippen LogP contribution in [0.1, 0.15) is 161 Å². The molecule has 10 amide bonds. The summed E-state index contributed by atoms with van der Waals surface area (Å²) in [5, 5.41) is 128. The topological polar surface area (TPSA) is 556 Å². The molecule has 18 N–H and O–H groups in total. The van der Waals surface area contributed by atoms with Crippen LogP contribution in [0.5, 0.6) is 5.75 Å². The molecule has 0 aliphatic carbocycles. The average Bonchev–Trinajstić information content (AvgIpc) is 1.62. The number of unbranched alkanes of at least 4 members (excludes halogenated alkanes) is 13. The van der Waals surface area contributed by atoms with Crippen LogP contribution in [0.3, 0.4) is 0 Å². The fourth-order valence-electron chi connectivity index (χ4n) is 12.8. The molecule has 4 rings (SSSR count). The number of phenolic OH excluding ortho intramolecular Hbond substituents is 1. The highest BCUT2D eigenvalue weighted by Gasteiger charge is 2.51. The predicted octanol–water partition coefficient (Wildman–Crippen LogP) is -3.44. The molecule has 1 aromatic carbocycles. The third kappa shape index (κ3) is 35.7. The number of quaternary nitrogens is 1. The van der Waals surface area contributed by atoms with Crippen molar-refractivity contribution in [1.29, 1.82) is 0 Å². The second kappa shape index (κ2) is 51.1. The van der Waals surface area contributed by atoms with Crippen molar-refractivity contribution in [3.63, 3.8) is 0 Å². The normalized spacial score (nSPS) is 23.7. The number of aliphatic carboxylic acids is 2. The van der Waals surface area contributed by atoms with Crippen LogP contribution in [-0.2, 0) is 81.2 Å². The van der Waals surface area contributed by atoms with Gasteiger partial charge in [-0.15, -0.1) is 0 Å². The van der Waals surface area contributed by atoms with Gasteiger partial charge in [-0.2, -0.15) is 0 Å². The Hall–Kier alpha value is -7.86. The van der Waals surface area contributed by atoms with Crippen molar-refractivity contribution < 1.29 is 137 Å². The van der Waals surface area contributed by atoms with E-state index in [0.29, 0.717) is 6.42 Å². The molecule has 0 radical (unpaired) electrons. The molecule has 3 aliphatic rings. The smallest absolute Gasteiger partial charge is 0.326 e. The van der Waals surface area contributed by atoms with Crippen molar-refractivity contribution in [2.24, 2.45) is 5.92 Å². The lowest BCUT2D eigenvalue weighted by Gasteiger charge is -2.34. The Morgan fingerprint density at radius 3 is 1.59 bits per heavy atom. The Morgan fingerprint density at radius 1 is 0.554 bits per heavy atom. The summed E-state index contributed by atoms with van der Waals surface area (Å²) < 4.78 is 28.1. The maximum Gasteiger partial charge on any atom is 0.326 e. The van der Waals surface area contributed by atoms with Crippen LogP contribution in [0.2, 0.25) is 0 Å². The van der Waals surface area contributed by atoms with Crippen molar-refractivity contribution in [3.05, 3.63) is 29.8 Å². The van der Waals surface area contributed by atoms with Crippen LogP contribution in [0.15, 0.2) is 24.3 Å². The van der Waals surface area contributed by atoms with Gasteiger partial charge in [-0.05, 0) is 50.8 Å². The number of carboxylic acid groups (broad SMARTS) is 2. The van der Waals surface area contributed by atoms with Gasteiger partial charge in [0.15, 0.2) is 6.23 Å². The van der Waals surface area contributed by atoms with Gasteiger partial charge in [0.25, 0.3) is 0 Å². The lowest BCUT2D eigenvalue weighted by atomic mass is 9.96. The van der Waals surface area contributed by atoms with Crippen LogP contribution in [-0.4, -0.2) is 335 Å². The number of nitrogens with one attached hydrogen (secondary N) is 8. The number of likely N-dealkylation sites (N-methyl/N-ethyl adjacent to an activating group) is 1. The molecule has 112 heavy (non-hydrogen) atoms. The number of amides is 10. The minimum atomic E-state index is -2.32. The number of carboxylic acids is 2. The number of benzene rings is 1. The molecule has 0 bridgehead atoms. The van der Waals surface area contributed by atoms with Crippen molar-refractivity contribution in [3.8, 4) is 5.75 Å². The Balaban J connectivity index is 1.28. The minimum Gasteiger partial charge on any atom is -0.508 e. The zero-order valence-electron chi connectivity index (χ0n) is 65.3. The van der Waals surface area contributed by atoms with Gasteiger partial charge in [0.2, 0.25) is 59.1 Å². The number of aromatic hydroxyl groups is 1. The first-order valence-electron chi connectivity index (χ1n) is 38.8. The molecule has 38 heteroatoms. The summed E-state index contributed by atoms with van der Waals surface area (Å²) >= 11 is 0. The standard InChI is InChI=1S/C74H123N11O27/c1-45-41-84-63(64(45)97)70(103)82-71(112-34-31-85(4,5)6)54(90)40-52(67(100)79-60(46(2)86)72(104)83-42-50(89)39-53(83)68(101)81-62(69(102)80-61(47(3)87)73(84)105)66(99)65(98)48-23-25-49(88)26-24-48)78-58(94)44-111-38-36-109-33-30-76-57(93)43-110-37-35-108-32-29-75-55(91)28-27-51(74(106)107)77-56(92)21-19-17-15-13-11-9-7-8-10-12-14-16-18-20-22-59(95)96/h23-26,45-47,50-54,60-66,71,86-87,89-90,97-99H,7-22,27-44H2,1-6H3,(H10-,75,76,77,78,79,80,81,82,88,91,92,93,94,95,96,100,101,102,103,106,107)/p+1/t45-,46+,47+,50+,51-,52-,53-,54+,60-,61-,62-,63-,64-,65-,66-,71+/m0/s1. The molecule has 636 valence electrons. The van der Waals surface area contributed by atoms with Crippen molar-refractivity contribution in [1.82, 2.24) is 52.3 Å². The van der Waals surface area contributed by atoms with Gasteiger partial charge in [0, 0.05) is 64.2 Å². The van der Waals surface area contributed by atoms with Crippen molar-refractivity contribution >= 4 is 71.0 Å². The van der Waals surface area contributed by atoms with E-state index in [9.17, 15) is 103 Å². The Kier molecular flexibility index (Phi) is 44.0. The van der Waals surface area contributed by atoms with E-state index in [4.69, 9.17) is 28.8 Å². The number of phenols is 1. The number of hydrogen-bond acceptors (Lipinski definition) is 25. The molecular weight excluding hydrogens is 1470 g/mol. The Morgan fingerprint density at radius 2 is 1.05 bits per heavy atom. The van der Waals surface area contributed by atoms with E-state index in [2.05, 4.69) is 42.5 Å². The van der Waals surface area contributed by atoms with Crippen LogP contribution in [0.4, 0.5) is 0 Å². The second-order valence-electron chi connectivity index (χ2n) is 29.9. The zero-order valence-corrected chi connectivity index (χ0v) is 65.3. The molecule has 0 spiro atoms. The third-order valence-electron chi connectivity index (χ3n) is 19.2. The average molecular weight is 1600 g/mol. The third-order valence-corrected chi connectivity index (χ3v) is 19.2. The van der Waals surface area contributed by atoms with Gasteiger partial charge in [-0.1, -0.05) is 96.1 Å². The quantitative estimate of drug-likeness (QED) is 0.0223.